The van der Waals surface area contributed by atoms with Crippen LogP contribution in [0.5, 0.6) is 5.75 Å². The van der Waals surface area contributed by atoms with E-state index in [0.29, 0.717) is 5.75 Å². The molecule has 1 aromatic carbocycles. The number of hydrogen-bond donors (Lipinski definition) is 0. The average molecular weight is 342 g/mol. The number of Topliss-reactive ketones (excluding diaryl/α,β-unsaturated/α-hetero) is 1. The van der Waals surface area contributed by atoms with Gasteiger partial charge in [0.25, 0.3) is 0 Å². The molecule has 4 aliphatic rings. The van der Waals surface area contributed by atoms with Crippen molar-refractivity contribution < 1.29 is 19.1 Å². The molecular formula is C21H26O4. The van der Waals surface area contributed by atoms with Crippen LogP contribution in [-0.4, -0.2) is 25.0 Å². The van der Waals surface area contributed by atoms with Crippen molar-refractivity contribution in [2.75, 3.05) is 13.2 Å². The number of aryl methyl sites for hydroxylation is 1. The first-order chi connectivity index (χ1) is 12.0. The molecule has 1 aromatic rings. The molecule has 4 saturated carbocycles. The van der Waals surface area contributed by atoms with Gasteiger partial charge in [0, 0.05) is 5.41 Å². The van der Waals surface area contributed by atoms with Crippen LogP contribution in [0.2, 0.25) is 0 Å². The molecular weight excluding hydrogens is 316 g/mol. The van der Waals surface area contributed by atoms with E-state index in [1.807, 2.05) is 31.2 Å². The standard InChI is InChI=1S/C21H26O4/c1-14-4-2-3-5-18(14)24-13-20(23)25-12-19(22)21-9-15-6-16(10-21)8-17(7-15)11-21/h2-5,15-17H,6-13H2,1H3. The van der Waals surface area contributed by atoms with Crippen molar-refractivity contribution in [1.29, 1.82) is 0 Å². The van der Waals surface area contributed by atoms with Crippen LogP contribution in [0.25, 0.3) is 0 Å². The zero-order valence-electron chi connectivity index (χ0n) is 14.8. The fourth-order valence-corrected chi connectivity index (χ4v) is 5.65. The molecule has 4 fully saturated rings. The summed E-state index contributed by atoms with van der Waals surface area (Å²) in [5.74, 6) is 2.49. The van der Waals surface area contributed by atoms with Crippen molar-refractivity contribution in [3.8, 4) is 5.75 Å². The number of hydrogen-bond acceptors (Lipinski definition) is 4. The Morgan fingerprint density at radius 3 is 2.20 bits per heavy atom. The minimum Gasteiger partial charge on any atom is -0.482 e. The van der Waals surface area contributed by atoms with E-state index in [1.165, 1.54) is 19.3 Å². The third-order valence-corrected chi connectivity index (χ3v) is 6.43. The van der Waals surface area contributed by atoms with Crippen LogP contribution in [0.3, 0.4) is 0 Å². The summed E-state index contributed by atoms with van der Waals surface area (Å²) in [5.41, 5.74) is 0.770. The molecule has 0 unspecified atom stereocenters. The van der Waals surface area contributed by atoms with Gasteiger partial charge in [0.1, 0.15) is 5.75 Å². The predicted octanol–water partition coefficient (Wildman–Crippen LogP) is 3.70. The summed E-state index contributed by atoms with van der Waals surface area (Å²) in [5, 5.41) is 0. The lowest BCUT2D eigenvalue weighted by atomic mass is 9.48. The van der Waals surface area contributed by atoms with E-state index in [0.717, 1.165) is 42.6 Å². The van der Waals surface area contributed by atoms with Crippen molar-refractivity contribution in [3.05, 3.63) is 29.8 Å². The number of ether oxygens (including phenoxy) is 2. The maximum atomic E-state index is 12.8. The van der Waals surface area contributed by atoms with E-state index >= 15 is 0 Å². The second-order valence-corrected chi connectivity index (χ2v) is 8.34. The fraction of sp³-hybridized carbons (Fsp3) is 0.619. The second-order valence-electron chi connectivity index (χ2n) is 8.34. The number of rotatable bonds is 6. The van der Waals surface area contributed by atoms with Crippen LogP contribution < -0.4 is 4.74 Å². The Hall–Kier alpha value is -1.84. The van der Waals surface area contributed by atoms with Crippen molar-refractivity contribution in [2.24, 2.45) is 23.2 Å². The van der Waals surface area contributed by atoms with Gasteiger partial charge >= 0.3 is 5.97 Å². The van der Waals surface area contributed by atoms with Crippen LogP contribution >= 0.6 is 0 Å². The van der Waals surface area contributed by atoms with Gasteiger partial charge in [-0.25, -0.2) is 4.79 Å². The lowest BCUT2D eigenvalue weighted by Gasteiger charge is -2.55. The number of ketones is 1. The zero-order chi connectivity index (χ0) is 17.4. The number of carbonyl (C=O) groups is 2. The highest BCUT2D eigenvalue weighted by molar-refractivity contribution is 5.88. The number of esters is 1. The van der Waals surface area contributed by atoms with E-state index < -0.39 is 5.97 Å². The minimum atomic E-state index is -0.471. The molecule has 0 N–H and O–H groups in total. The van der Waals surface area contributed by atoms with Gasteiger partial charge in [0.15, 0.2) is 19.0 Å². The highest BCUT2D eigenvalue weighted by atomic mass is 16.6. The molecule has 4 nitrogen and oxygen atoms in total. The van der Waals surface area contributed by atoms with Crippen LogP contribution in [0.15, 0.2) is 24.3 Å². The topological polar surface area (TPSA) is 52.6 Å². The molecule has 5 rings (SSSR count). The monoisotopic (exact) mass is 342 g/mol. The van der Waals surface area contributed by atoms with Crippen molar-refractivity contribution in [2.45, 2.75) is 45.4 Å². The first-order valence-electron chi connectivity index (χ1n) is 9.41. The minimum absolute atomic E-state index is 0.0951. The summed E-state index contributed by atoms with van der Waals surface area (Å²) in [6, 6.07) is 7.54. The third-order valence-electron chi connectivity index (χ3n) is 6.43. The number of para-hydroxylation sites is 1. The summed E-state index contributed by atoms with van der Waals surface area (Å²) < 4.78 is 10.7. The quantitative estimate of drug-likeness (QED) is 0.740. The molecule has 134 valence electrons. The lowest BCUT2D eigenvalue weighted by molar-refractivity contribution is -0.158. The first-order valence-corrected chi connectivity index (χ1v) is 9.41. The van der Waals surface area contributed by atoms with Gasteiger partial charge in [-0.1, -0.05) is 18.2 Å². The van der Waals surface area contributed by atoms with Gasteiger partial charge in [0.2, 0.25) is 0 Å². The highest BCUT2D eigenvalue weighted by Gasteiger charge is 2.54. The van der Waals surface area contributed by atoms with E-state index in [2.05, 4.69) is 0 Å². The normalized spacial score (nSPS) is 32.4. The van der Waals surface area contributed by atoms with Gasteiger partial charge < -0.3 is 9.47 Å². The summed E-state index contributed by atoms with van der Waals surface area (Å²) in [7, 11) is 0. The summed E-state index contributed by atoms with van der Waals surface area (Å²) in [6.45, 7) is 1.68. The summed E-state index contributed by atoms with van der Waals surface area (Å²) in [6.07, 6.45) is 6.93. The maximum absolute atomic E-state index is 12.8. The van der Waals surface area contributed by atoms with Crippen LogP contribution in [-0.2, 0) is 14.3 Å². The van der Waals surface area contributed by atoms with E-state index in [-0.39, 0.29) is 24.4 Å². The fourth-order valence-electron chi connectivity index (χ4n) is 5.65. The Kier molecular flexibility index (Phi) is 4.30. The molecule has 0 aromatic heterocycles. The van der Waals surface area contributed by atoms with Crippen molar-refractivity contribution >= 4 is 11.8 Å². The summed E-state index contributed by atoms with van der Waals surface area (Å²) >= 11 is 0. The highest BCUT2D eigenvalue weighted by Crippen LogP contribution is 2.60. The van der Waals surface area contributed by atoms with Crippen molar-refractivity contribution in [3.63, 3.8) is 0 Å². The van der Waals surface area contributed by atoms with Crippen molar-refractivity contribution in [1.82, 2.24) is 0 Å². The largest absolute Gasteiger partial charge is 0.482 e. The molecule has 0 radical (unpaired) electrons. The number of benzene rings is 1. The zero-order valence-corrected chi connectivity index (χ0v) is 14.8. The SMILES string of the molecule is Cc1ccccc1OCC(=O)OCC(=O)C12CC3CC(CC(C3)C1)C2. The Morgan fingerprint density at radius 2 is 1.60 bits per heavy atom. The molecule has 0 spiro atoms. The van der Waals surface area contributed by atoms with Gasteiger partial charge in [-0.15, -0.1) is 0 Å². The van der Waals surface area contributed by atoms with Gasteiger partial charge in [-0.3, -0.25) is 4.79 Å². The predicted molar refractivity (Wildman–Crippen MR) is 93.2 cm³/mol. The molecule has 0 aliphatic heterocycles. The molecule has 25 heavy (non-hydrogen) atoms. The van der Waals surface area contributed by atoms with Crippen LogP contribution in [0, 0.1) is 30.1 Å². The van der Waals surface area contributed by atoms with E-state index in [4.69, 9.17) is 9.47 Å². The molecule has 0 amide bonds. The van der Waals surface area contributed by atoms with E-state index in [9.17, 15) is 9.59 Å². The van der Waals surface area contributed by atoms with Gasteiger partial charge in [-0.05, 0) is 74.8 Å². The molecule has 4 aliphatic carbocycles. The molecule has 0 heterocycles. The third kappa shape index (κ3) is 3.31. The van der Waals surface area contributed by atoms with Gasteiger partial charge in [0.05, 0.1) is 0 Å². The second kappa shape index (κ2) is 6.47. The Balaban J connectivity index is 1.29. The van der Waals surface area contributed by atoms with Gasteiger partial charge in [-0.2, -0.15) is 0 Å². The molecule has 0 saturated heterocycles. The Bertz CT molecular complexity index is 643. The maximum Gasteiger partial charge on any atom is 0.344 e. The first kappa shape index (κ1) is 16.6. The molecule has 4 bridgehead atoms. The molecule has 0 atom stereocenters. The van der Waals surface area contributed by atoms with Crippen LogP contribution in [0.1, 0.15) is 44.1 Å². The Labute approximate surface area is 148 Å². The smallest absolute Gasteiger partial charge is 0.344 e. The average Bonchev–Trinajstić information content (AvgIpc) is 2.57. The summed E-state index contributed by atoms with van der Waals surface area (Å²) in [4.78, 5) is 24.8. The lowest BCUT2D eigenvalue weighted by Crippen LogP contribution is -2.51. The van der Waals surface area contributed by atoms with Crippen LogP contribution in [0.4, 0.5) is 0 Å². The van der Waals surface area contributed by atoms with E-state index in [1.54, 1.807) is 0 Å². The Morgan fingerprint density at radius 1 is 1.00 bits per heavy atom. The molecule has 4 heteroatoms. The number of carbonyl (C=O) groups excluding carboxylic acids is 2.